The molecule has 45 heavy (non-hydrogen) atoms. The molecule has 2 saturated heterocycles. The lowest BCUT2D eigenvalue weighted by Gasteiger charge is -2.37. The van der Waals surface area contributed by atoms with Crippen LogP contribution >= 0.6 is 0 Å². The molecule has 0 spiro atoms. The SMILES string of the molecule is CCO[C@@H]1CN(c2cccc(-c3cc(C)ccc3OCc3ccc4c(c3C)CCN(C3CCOCC3)CC4)n2)CC[C@@H]1C(=O)O. The van der Waals surface area contributed by atoms with Crippen molar-refractivity contribution in [2.24, 2.45) is 5.92 Å². The molecular weight excluding hydrogens is 566 g/mol. The second-order valence-electron chi connectivity index (χ2n) is 12.7. The monoisotopic (exact) mass is 613 g/mol. The van der Waals surface area contributed by atoms with Gasteiger partial charge in [0.05, 0.1) is 17.7 Å². The standard InChI is InChI=1S/C37H47N3O5/c1-4-44-35-23-40(19-14-31(35)37(41)42)36-7-5-6-33(38-36)32-22-25(2)8-11-34(32)45-24-28-10-9-27-12-17-39(18-13-30(27)26(28)3)29-15-20-43-21-16-29/h5-11,22,29,31,35H,4,12-21,23-24H2,1-3H3,(H,41,42)/t31-,35+/m0/s1. The normalized spacial score (nSPS) is 21.3. The summed E-state index contributed by atoms with van der Waals surface area (Å²) in [7, 11) is 0. The zero-order valence-electron chi connectivity index (χ0n) is 27.0. The molecular formula is C37H47N3O5. The third-order valence-electron chi connectivity index (χ3n) is 9.94. The molecule has 8 heteroatoms. The van der Waals surface area contributed by atoms with Gasteiger partial charge in [-0.3, -0.25) is 9.69 Å². The smallest absolute Gasteiger partial charge is 0.309 e. The molecule has 240 valence electrons. The highest BCUT2D eigenvalue weighted by Gasteiger charge is 2.35. The summed E-state index contributed by atoms with van der Waals surface area (Å²) >= 11 is 0. The van der Waals surface area contributed by atoms with E-state index in [1.807, 2.05) is 31.2 Å². The first-order valence-corrected chi connectivity index (χ1v) is 16.6. The molecule has 1 N–H and O–H groups in total. The maximum absolute atomic E-state index is 11.8. The van der Waals surface area contributed by atoms with Crippen molar-refractivity contribution in [2.75, 3.05) is 50.9 Å². The maximum Gasteiger partial charge on any atom is 0.309 e. The Morgan fingerprint density at radius 2 is 1.84 bits per heavy atom. The van der Waals surface area contributed by atoms with Crippen LogP contribution in [0, 0.1) is 19.8 Å². The minimum Gasteiger partial charge on any atom is -0.488 e. The summed E-state index contributed by atoms with van der Waals surface area (Å²) in [5, 5.41) is 9.69. The van der Waals surface area contributed by atoms with Gasteiger partial charge in [-0.15, -0.1) is 0 Å². The lowest BCUT2D eigenvalue weighted by Crippen LogP contribution is -2.48. The lowest BCUT2D eigenvalue weighted by atomic mass is 9.93. The molecule has 0 radical (unpaired) electrons. The van der Waals surface area contributed by atoms with E-state index in [1.165, 1.54) is 22.3 Å². The molecule has 2 atom stereocenters. The quantitative estimate of drug-likeness (QED) is 0.322. The zero-order chi connectivity index (χ0) is 31.3. The Kier molecular flexibility index (Phi) is 10.0. The summed E-state index contributed by atoms with van der Waals surface area (Å²) in [6, 6.07) is 17.5. The average Bonchev–Trinajstić information content (AvgIpc) is 3.29. The van der Waals surface area contributed by atoms with E-state index in [0.29, 0.717) is 38.8 Å². The average molecular weight is 614 g/mol. The number of fused-ring (bicyclic) bond motifs is 1. The van der Waals surface area contributed by atoms with Gasteiger partial charge < -0.3 is 24.2 Å². The van der Waals surface area contributed by atoms with Crippen LogP contribution in [0.3, 0.4) is 0 Å². The van der Waals surface area contributed by atoms with Gasteiger partial charge in [-0.05, 0) is 99.4 Å². The van der Waals surface area contributed by atoms with Gasteiger partial charge in [-0.1, -0.05) is 29.8 Å². The van der Waals surface area contributed by atoms with Crippen LogP contribution < -0.4 is 9.64 Å². The topological polar surface area (TPSA) is 84.4 Å². The number of nitrogens with zero attached hydrogens (tertiary/aromatic N) is 3. The molecule has 1 aromatic heterocycles. The number of pyridine rings is 1. The third-order valence-corrected chi connectivity index (χ3v) is 9.94. The highest BCUT2D eigenvalue weighted by Crippen LogP contribution is 2.34. The fraction of sp³-hybridized carbons (Fsp3) is 0.514. The van der Waals surface area contributed by atoms with Crippen LogP contribution in [-0.2, 0) is 33.7 Å². The van der Waals surface area contributed by atoms with Gasteiger partial charge in [0.2, 0.25) is 0 Å². The molecule has 2 aromatic carbocycles. The van der Waals surface area contributed by atoms with Crippen molar-refractivity contribution in [2.45, 2.75) is 71.6 Å². The lowest BCUT2D eigenvalue weighted by molar-refractivity contribution is -0.148. The number of aromatic nitrogens is 1. The fourth-order valence-corrected chi connectivity index (χ4v) is 7.31. The first-order chi connectivity index (χ1) is 21.9. The number of carbonyl (C=O) groups is 1. The maximum atomic E-state index is 11.8. The van der Waals surface area contributed by atoms with E-state index in [9.17, 15) is 9.90 Å². The number of hydrogen-bond donors (Lipinski definition) is 1. The van der Waals surface area contributed by atoms with Crippen LogP contribution in [0.4, 0.5) is 5.82 Å². The Morgan fingerprint density at radius 3 is 2.64 bits per heavy atom. The van der Waals surface area contributed by atoms with Crippen molar-refractivity contribution in [3.05, 3.63) is 76.3 Å². The molecule has 2 fully saturated rings. The number of ether oxygens (including phenoxy) is 3. The molecule has 8 nitrogen and oxygen atoms in total. The second kappa shape index (κ2) is 14.3. The van der Waals surface area contributed by atoms with Gasteiger partial charge in [0.15, 0.2) is 0 Å². The molecule has 3 aliphatic heterocycles. The Balaban J connectivity index is 1.18. The van der Waals surface area contributed by atoms with Crippen LogP contribution in [0.2, 0.25) is 0 Å². The molecule has 4 heterocycles. The summed E-state index contributed by atoms with van der Waals surface area (Å²) in [5.74, 6) is 0.341. The van der Waals surface area contributed by atoms with Crippen molar-refractivity contribution in [1.82, 2.24) is 9.88 Å². The number of benzene rings is 2. The molecule has 0 unspecified atom stereocenters. The number of rotatable bonds is 9. The highest BCUT2D eigenvalue weighted by molar-refractivity contribution is 5.72. The number of hydrogen-bond acceptors (Lipinski definition) is 7. The Labute approximate surface area is 267 Å². The molecule has 0 bridgehead atoms. The van der Waals surface area contributed by atoms with E-state index < -0.39 is 11.9 Å². The Morgan fingerprint density at radius 1 is 1.02 bits per heavy atom. The third kappa shape index (κ3) is 7.19. The minimum atomic E-state index is -0.793. The minimum absolute atomic E-state index is 0.362. The number of carboxylic acid groups (broad SMARTS) is 1. The summed E-state index contributed by atoms with van der Waals surface area (Å²) in [6.07, 6.45) is 4.62. The molecule has 0 amide bonds. The Hall–Kier alpha value is -3.46. The van der Waals surface area contributed by atoms with Gasteiger partial charge >= 0.3 is 5.97 Å². The summed E-state index contributed by atoms with van der Waals surface area (Å²) in [4.78, 5) is 21.7. The van der Waals surface area contributed by atoms with Crippen LogP contribution in [0.25, 0.3) is 11.3 Å². The highest BCUT2D eigenvalue weighted by atomic mass is 16.5. The second-order valence-corrected chi connectivity index (χ2v) is 12.7. The van der Waals surface area contributed by atoms with E-state index in [0.717, 1.165) is 80.4 Å². The fourth-order valence-electron chi connectivity index (χ4n) is 7.31. The van der Waals surface area contributed by atoms with Gasteiger partial charge in [-0.2, -0.15) is 0 Å². The predicted molar refractivity (Wildman–Crippen MR) is 176 cm³/mol. The first kappa shape index (κ1) is 31.5. The van der Waals surface area contributed by atoms with Crippen molar-refractivity contribution in [3.8, 4) is 17.0 Å². The largest absolute Gasteiger partial charge is 0.488 e. The van der Waals surface area contributed by atoms with Gasteiger partial charge in [-0.25, -0.2) is 4.98 Å². The van der Waals surface area contributed by atoms with E-state index >= 15 is 0 Å². The number of piperidine rings is 1. The number of carboxylic acids is 1. The van der Waals surface area contributed by atoms with Crippen molar-refractivity contribution in [1.29, 1.82) is 0 Å². The van der Waals surface area contributed by atoms with Gasteiger partial charge in [0, 0.05) is 57.6 Å². The predicted octanol–water partition coefficient (Wildman–Crippen LogP) is 5.84. The van der Waals surface area contributed by atoms with Gasteiger partial charge in [0.25, 0.3) is 0 Å². The molecule has 0 aliphatic carbocycles. The van der Waals surface area contributed by atoms with Crippen molar-refractivity contribution in [3.63, 3.8) is 0 Å². The summed E-state index contributed by atoms with van der Waals surface area (Å²) in [6.45, 7) is 12.3. The molecule has 3 aliphatic rings. The number of aryl methyl sites for hydroxylation is 1. The van der Waals surface area contributed by atoms with Crippen LogP contribution in [0.5, 0.6) is 5.75 Å². The van der Waals surface area contributed by atoms with Crippen LogP contribution in [-0.4, -0.2) is 79.1 Å². The molecule has 6 rings (SSSR count). The van der Waals surface area contributed by atoms with Crippen molar-refractivity contribution >= 4 is 11.8 Å². The van der Waals surface area contributed by atoms with Crippen molar-refractivity contribution < 1.29 is 24.1 Å². The van der Waals surface area contributed by atoms with E-state index in [4.69, 9.17) is 19.2 Å². The van der Waals surface area contributed by atoms with Gasteiger partial charge in [0.1, 0.15) is 18.2 Å². The van der Waals surface area contributed by atoms with Crippen LogP contribution in [0.15, 0.2) is 48.5 Å². The summed E-state index contributed by atoms with van der Waals surface area (Å²) in [5.41, 5.74) is 8.47. The zero-order valence-corrected chi connectivity index (χ0v) is 27.0. The summed E-state index contributed by atoms with van der Waals surface area (Å²) < 4.78 is 18.0. The molecule has 0 saturated carbocycles. The van der Waals surface area contributed by atoms with E-state index in [1.54, 1.807) is 0 Å². The Bertz CT molecular complexity index is 1490. The molecule has 3 aromatic rings. The van der Waals surface area contributed by atoms with E-state index in [-0.39, 0.29) is 6.10 Å². The van der Waals surface area contributed by atoms with Crippen LogP contribution in [0.1, 0.15) is 54.0 Å². The number of aliphatic carboxylic acids is 1. The first-order valence-electron chi connectivity index (χ1n) is 16.6. The number of anilines is 1. The van der Waals surface area contributed by atoms with E-state index in [2.05, 4.69) is 47.9 Å².